The van der Waals surface area contributed by atoms with Crippen molar-refractivity contribution >= 4 is 46.3 Å². The molecule has 2 aliphatic heterocycles. The van der Waals surface area contributed by atoms with Crippen LogP contribution in [0.1, 0.15) is 23.4 Å². The van der Waals surface area contributed by atoms with Gasteiger partial charge in [-0.05, 0) is 54.3 Å². The fourth-order valence-corrected chi connectivity index (χ4v) is 6.78. The van der Waals surface area contributed by atoms with Crippen LogP contribution in [-0.4, -0.2) is 54.2 Å². The number of morpholine rings is 1. The van der Waals surface area contributed by atoms with Gasteiger partial charge in [-0.2, -0.15) is 0 Å². The second-order valence-electron chi connectivity index (χ2n) is 9.77. The molecule has 2 amide bonds. The molecule has 0 saturated carbocycles. The second kappa shape index (κ2) is 12.3. The lowest BCUT2D eigenvalue weighted by molar-refractivity contribution is -0.137. The highest BCUT2D eigenvalue weighted by molar-refractivity contribution is 7.10. The molecule has 214 valence electrons. The van der Waals surface area contributed by atoms with E-state index in [2.05, 4.69) is 10.3 Å². The zero-order valence-electron chi connectivity index (χ0n) is 22.8. The first-order valence-electron chi connectivity index (χ1n) is 13.5. The number of nitrogens with one attached hydrogen (secondary N) is 1. The van der Waals surface area contributed by atoms with Crippen LogP contribution < -0.4 is 24.9 Å². The van der Waals surface area contributed by atoms with Crippen LogP contribution in [-0.2, 0) is 14.3 Å². The van der Waals surface area contributed by atoms with Gasteiger partial charge in [-0.15, -0.1) is 11.3 Å². The minimum Gasteiger partial charge on any atom is -0.484 e. The SMILES string of the molecule is CC1=C(C(=O)Nc2ccccc2)[C@@H](c2cccs2)n2c(s/c(=C/c3ccc(OCC(=O)N4CCOCC4)cc3)c2=O)=N1. The van der Waals surface area contributed by atoms with E-state index in [1.54, 1.807) is 34.6 Å². The molecule has 0 radical (unpaired) electrons. The summed E-state index contributed by atoms with van der Waals surface area (Å²) < 4.78 is 13.1. The Labute approximate surface area is 249 Å². The third-order valence-corrected chi connectivity index (χ3v) is 8.92. The number of carbonyl (C=O) groups is 2. The van der Waals surface area contributed by atoms with Gasteiger partial charge >= 0.3 is 0 Å². The Morgan fingerprint density at radius 3 is 2.55 bits per heavy atom. The van der Waals surface area contributed by atoms with Crippen LogP contribution in [0.4, 0.5) is 5.69 Å². The van der Waals surface area contributed by atoms with E-state index in [4.69, 9.17) is 9.47 Å². The molecule has 6 rings (SSSR count). The summed E-state index contributed by atoms with van der Waals surface area (Å²) in [5.74, 6) is 0.200. The van der Waals surface area contributed by atoms with Crippen molar-refractivity contribution in [1.82, 2.24) is 9.47 Å². The zero-order valence-corrected chi connectivity index (χ0v) is 24.5. The maximum Gasteiger partial charge on any atom is 0.271 e. The molecule has 42 heavy (non-hydrogen) atoms. The highest BCUT2D eigenvalue weighted by atomic mass is 32.1. The van der Waals surface area contributed by atoms with Gasteiger partial charge in [0.05, 0.1) is 29.0 Å². The third kappa shape index (κ3) is 5.85. The average molecular weight is 601 g/mol. The number of anilines is 1. The number of amides is 2. The van der Waals surface area contributed by atoms with Crippen molar-refractivity contribution in [3.8, 4) is 5.75 Å². The Morgan fingerprint density at radius 2 is 1.83 bits per heavy atom. The molecule has 0 unspecified atom stereocenters. The van der Waals surface area contributed by atoms with Crippen LogP contribution in [0.3, 0.4) is 0 Å². The van der Waals surface area contributed by atoms with Crippen LogP contribution in [0.5, 0.6) is 5.75 Å². The Balaban J connectivity index is 1.26. The number of thiophene rings is 1. The summed E-state index contributed by atoms with van der Waals surface area (Å²) >= 11 is 2.78. The van der Waals surface area contributed by atoms with Crippen molar-refractivity contribution in [2.75, 3.05) is 38.2 Å². The predicted octanol–water partition coefficient (Wildman–Crippen LogP) is 3.17. The van der Waals surface area contributed by atoms with Crippen LogP contribution >= 0.6 is 22.7 Å². The maximum atomic E-state index is 13.8. The first-order chi connectivity index (χ1) is 20.5. The molecule has 0 bridgehead atoms. The molecule has 0 spiro atoms. The second-order valence-corrected chi connectivity index (χ2v) is 11.8. The van der Waals surface area contributed by atoms with Crippen LogP contribution in [0.25, 0.3) is 6.08 Å². The van der Waals surface area contributed by atoms with Gasteiger partial charge < -0.3 is 19.7 Å². The van der Waals surface area contributed by atoms with E-state index < -0.39 is 6.04 Å². The number of carbonyl (C=O) groups excluding carboxylic acids is 2. The molecule has 1 saturated heterocycles. The van der Waals surface area contributed by atoms with Gasteiger partial charge in [0.25, 0.3) is 17.4 Å². The smallest absolute Gasteiger partial charge is 0.271 e. The number of ether oxygens (including phenoxy) is 2. The van der Waals surface area contributed by atoms with Gasteiger partial charge in [-0.1, -0.05) is 47.7 Å². The molecule has 9 nitrogen and oxygen atoms in total. The standard InChI is InChI=1S/C31H28N4O5S2/c1-20-27(29(37)33-22-6-3-2-4-7-22)28(24-8-5-17-41-24)35-30(38)25(42-31(35)32-20)18-21-9-11-23(12-10-21)40-19-26(36)34-13-15-39-16-14-34/h2-12,17-18,28H,13-16,19H2,1H3,(H,33,37)/b25-18+/t28-/m1/s1. The number of aromatic nitrogens is 1. The highest BCUT2D eigenvalue weighted by Gasteiger charge is 2.33. The van der Waals surface area contributed by atoms with E-state index in [-0.39, 0.29) is 24.0 Å². The van der Waals surface area contributed by atoms with Crippen LogP contribution in [0.15, 0.2) is 93.2 Å². The molecular formula is C31H28N4O5S2. The van der Waals surface area contributed by atoms with Crippen LogP contribution in [0, 0.1) is 0 Å². The molecule has 4 aromatic rings. The van der Waals surface area contributed by atoms with Gasteiger partial charge in [0.15, 0.2) is 11.4 Å². The summed E-state index contributed by atoms with van der Waals surface area (Å²) in [5, 5.41) is 4.89. The van der Waals surface area contributed by atoms with Crippen LogP contribution in [0.2, 0.25) is 0 Å². The van der Waals surface area contributed by atoms with E-state index in [1.807, 2.05) is 60.0 Å². The molecule has 11 heteroatoms. The lowest BCUT2D eigenvalue weighted by atomic mass is 10.0. The number of nitrogens with zero attached hydrogens (tertiary/aromatic N) is 3. The van der Waals surface area contributed by atoms with E-state index >= 15 is 0 Å². The Morgan fingerprint density at radius 1 is 1.07 bits per heavy atom. The molecule has 0 aliphatic carbocycles. The number of thiazole rings is 1. The molecule has 2 aliphatic rings. The Kier molecular flexibility index (Phi) is 8.13. The molecular weight excluding hydrogens is 572 g/mol. The molecule has 1 atom stereocenters. The lowest BCUT2D eigenvalue weighted by Crippen LogP contribution is -2.42. The Bertz CT molecular complexity index is 1800. The monoisotopic (exact) mass is 600 g/mol. The summed E-state index contributed by atoms with van der Waals surface area (Å²) in [6, 6.07) is 19.7. The fraction of sp³-hybridized carbons (Fsp3) is 0.226. The Hall–Kier alpha value is -4.32. The van der Waals surface area contributed by atoms with E-state index in [0.29, 0.717) is 58.3 Å². The largest absolute Gasteiger partial charge is 0.484 e. The molecule has 2 aromatic heterocycles. The van der Waals surface area contributed by atoms with Crippen molar-refractivity contribution in [3.05, 3.63) is 114 Å². The summed E-state index contributed by atoms with van der Waals surface area (Å²) in [5.41, 5.74) is 2.27. The number of allylic oxidation sites excluding steroid dienone is 1. The average Bonchev–Trinajstić information content (AvgIpc) is 3.65. The minimum atomic E-state index is -0.591. The molecule has 1 fully saturated rings. The van der Waals surface area contributed by atoms with Gasteiger partial charge in [0, 0.05) is 23.7 Å². The first-order valence-corrected chi connectivity index (χ1v) is 15.2. The summed E-state index contributed by atoms with van der Waals surface area (Å²) in [6.45, 7) is 4.00. The quantitative estimate of drug-likeness (QED) is 0.351. The summed E-state index contributed by atoms with van der Waals surface area (Å²) in [4.78, 5) is 47.6. The number of benzene rings is 2. The summed E-state index contributed by atoms with van der Waals surface area (Å²) in [6.07, 6.45) is 1.81. The molecule has 1 N–H and O–H groups in total. The number of fused-ring (bicyclic) bond motifs is 1. The fourth-order valence-electron chi connectivity index (χ4n) is 4.91. The van der Waals surface area contributed by atoms with Crippen molar-refractivity contribution in [3.63, 3.8) is 0 Å². The van der Waals surface area contributed by atoms with E-state index in [1.165, 1.54) is 22.7 Å². The molecule has 2 aromatic carbocycles. The van der Waals surface area contributed by atoms with Gasteiger partial charge in [-0.3, -0.25) is 19.0 Å². The van der Waals surface area contributed by atoms with Crippen molar-refractivity contribution in [1.29, 1.82) is 0 Å². The van der Waals surface area contributed by atoms with Gasteiger partial charge in [0.2, 0.25) is 0 Å². The molecule has 4 heterocycles. The van der Waals surface area contributed by atoms with Crippen molar-refractivity contribution < 1.29 is 19.1 Å². The number of para-hydroxylation sites is 1. The number of hydrogen-bond donors (Lipinski definition) is 1. The normalized spacial score (nSPS) is 17.0. The first kappa shape index (κ1) is 27.8. The lowest BCUT2D eigenvalue weighted by Gasteiger charge is -2.26. The number of hydrogen-bond acceptors (Lipinski definition) is 8. The summed E-state index contributed by atoms with van der Waals surface area (Å²) in [7, 11) is 0. The number of rotatable bonds is 7. The topological polar surface area (TPSA) is 102 Å². The predicted molar refractivity (Wildman–Crippen MR) is 162 cm³/mol. The highest BCUT2D eigenvalue weighted by Crippen LogP contribution is 2.33. The third-order valence-electron chi connectivity index (χ3n) is 7.01. The van der Waals surface area contributed by atoms with Gasteiger partial charge in [-0.25, -0.2) is 4.99 Å². The van der Waals surface area contributed by atoms with E-state index in [0.717, 1.165) is 10.4 Å². The minimum absolute atomic E-state index is 0.0415. The van der Waals surface area contributed by atoms with Crippen molar-refractivity contribution in [2.24, 2.45) is 4.99 Å². The van der Waals surface area contributed by atoms with E-state index in [9.17, 15) is 14.4 Å². The van der Waals surface area contributed by atoms with Gasteiger partial charge in [0.1, 0.15) is 11.8 Å². The maximum absolute atomic E-state index is 13.8. The van der Waals surface area contributed by atoms with Crippen molar-refractivity contribution in [2.45, 2.75) is 13.0 Å². The zero-order chi connectivity index (χ0) is 29.1.